The molecule has 1 aliphatic heterocycles. The highest BCUT2D eigenvalue weighted by Gasteiger charge is 2.30. The molecule has 0 aliphatic carbocycles. The quantitative estimate of drug-likeness (QED) is 0.737. The van der Waals surface area contributed by atoms with E-state index in [1.54, 1.807) is 4.90 Å². The van der Waals surface area contributed by atoms with Gasteiger partial charge in [-0.1, -0.05) is 24.3 Å². The van der Waals surface area contributed by atoms with Crippen LogP contribution in [0.4, 0.5) is 16.2 Å². The largest absolute Gasteiger partial charge is 0.455 e. The Balaban J connectivity index is 1.47. The SMILES string of the molecule is Cc1ccc(NC(=O)COC(=O)C2CCCN(C(=O)Nc3ccccc3)C2)cc1C. The summed E-state index contributed by atoms with van der Waals surface area (Å²) in [6.45, 7) is 4.47. The van der Waals surface area contributed by atoms with Crippen LogP contribution >= 0.6 is 0 Å². The smallest absolute Gasteiger partial charge is 0.321 e. The molecule has 1 unspecified atom stereocenters. The van der Waals surface area contributed by atoms with E-state index in [9.17, 15) is 14.4 Å². The number of para-hydroxylation sites is 1. The lowest BCUT2D eigenvalue weighted by molar-refractivity contribution is -0.152. The van der Waals surface area contributed by atoms with Gasteiger partial charge < -0.3 is 20.3 Å². The number of benzene rings is 2. The average molecular weight is 409 g/mol. The Morgan fingerprint density at radius 1 is 1.00 bits per heavy atom. The zero-order valence-corrected chi connectivity index (χ0v) is 17.3. The van der Waals surface area contributed by atoms with Gasteiger partial charge in [0.15, 0.2) is 6.61 Å². The van der Waals surface area contributed by atoms with Crippen molar-refractivity contribution >= 4 is 29.3 Å². The Bertz CT molecular complexity index is 914. The van der Waals surface area contributed by atoms with E-state index < -0.39 is 11.9 Å². The van der Waals surface area contributed by atoms with E-state index in [1.165, 1.54) is 0 Å². The summed E-state index contributed by atoms with van der Waals surface area (Å²) < 4.78 is 5.21. The predicted octanol–water partition coefficient (Wildman–Crippen LogP) is 3.73. The molecule has 1 heterocycles. The van der Waals surface area contributed by atoms with E-state index in [-0.39, 0.29) is 25.1 Å². The summed E-state index contributed by atoms with van der Waals surface area (Å²) >= 11 is 0. The fourth-order valence-corrected chi connectivity index (χ4v) is 3.35. The van der Waals surface area contributed by atoms with Gasteiger partial charge in [0.25, 0.3) is 5.91 Å². The molecular formula is C23H27N3O4. The van der Waals surface area contributed by atoms with Crippen molar-refractivity contribution in [3.8, 4) is 0 Å². The molecule has 2 aromatic carbocycles. The molecule has 1 saturated heterocycles. The number of anilines is 2. The molecule has 30 heavy (non-hydrogen) atoms. The van der Waals surface area contributed by atoms with Crippen LogP contribution in [0, 0.1) is 19.8 Å². The van der Waals surface area contributed by atoms with Crippen molar-refractivity contribution in [3.63, 3.8) is 0 Å². The number of piperidine rings is 1. The van der Waals surface area contributed by atoms with E-state index in [1.807, 2.05) is 62.4 Å². The van der Waals surface area contributed by atoms with Crippen molar-refractivity contribution < 1.29 is 19.1 Å². The maximum absolute atomic E-state index is 12.5. The number of hydrogen-bond acceptors (Lipinski definition) is 4. The Morgan fingerprint density at radius 2 is 1.77 bits per heavy atom. The summed E-state index contributed by atoms with van der Waals surface area (Å²) in [4.78, 5) is 38.6. The van der Waals surface area contributed by atoms with Crippen molar-refractivity contribution in [2.75, 3.05) is 30.3 Å². The van der Waals surface area contributed by atoms with Crippen molar-refractivity contribution in [1.82, 2.24) is 4.90 Å². The molecule has 1 fully saturated rings. The van der Waals surface area contributed by atoms with Crippen LogP contribution in [0.25, 0.3) is 0 Å². The first kappa shape index (κ1) is 21.4. The van der Waals surface area contributed by atoms with Gasteiger partial charge in [-0.15, -0.1) is 0 Å². The number of aryl methyl sites for hydroxylation is 2. The van der Waals surface area contributed by atoms with Crippen molar-refractivity contribution in [1.29, 1.82) is 0 Å². The first-order valence-electron chi connectivity index (χ1n) is 10.1. The van der Waals surface area contributed by atoms with Crippen molar-refractivity contribution in [2.24, 2.45) is 5.92 Å². The molecule has 158 valence electrons. The number of hydrogen-bond donors (Lipinski definition) is 2. The van der Waals surface area contributed by atoms with Gasteiger partial charge >= 0.3 is 12.0 Å². The third-order valence-electron chi connectivity index (χ3n) is 5.20. The first-order chi connectivity index (χ1) is 14.4. The van der Waals surface area contributed by atoms with E-state index in [0.717, 1.165) is 11.1 Å². The van der Waals surface area contributed by atoms with Crippen LogP contribution in [-0.4, -0.2) is 42.5 Å². The van der Waals surface area contributed by atoms with E-state index >= 15 is 0 Å². The number of amides is 3. The molecule has 1 atom stereocenters. The molecule has 7 heteroatoms. The second-order valence-electron chi connectivity index (χ2n) is 7.54. The number of likely N-dealkylation sites (tertiary alicyclic amines) is 1. The van der Waals surface area contributed by atoms with Crippen molar-refractivity contribution in [2.45, 2.75) is 26.7 Å². The van der Waals surface area contributed by atoms with Crippen LogP contribution in [0.15, 0.2) is 48.5 Å². The summed E-state index contributed by atoms with van der Waals surface area (Å²) in [6.07, 6.45) is 1.34. The maximum Gasteiger partial charge on any atom is 0.321 e. The van der Waals surface area contributed by atoms with Crippen molar-refractivity contribution in [3.05, 3.63) is 59.7 Å². The average Bonchev–Trinajstić information content (AvgIpc) is 2.75. The summed E-state index contributed by atoms with van der Waals surface area (Å²) in [5.74, 6) is -1.28. The van der Waals surface area contributed by atoms with E-state index in [2.05, 4.69) is 10.6 Å². The molecule has 0 saturated carbocycles. The minimum Gasteiger partial charge on any atom is -0.455 e. The number of nitrogens with zero attached hydrogens (tertiary/aromatic N) is 1. The van der Waals surface area contributed by atoms with Crippen LogP contribution in [0.2, 0.25) is 0 Å². The molecule has 0 radical (unpaired) electrons. The molecular weight excluding hydrogens is 382 g/mol. The third-order valence-corrected chi connectivity index (χ3v) is 5.20. The molecule has 0 spiro atoms. The van der Waals surface area contributed by atoms with Gasteiger partial charge in [-0.05, 0) is 62.1 Å². The van der Waals surface area contributed by atoms with Gasteiger partial charge in [0.1, 0.15) is 0 Å². The predicted molar refractivity (Wildman–Crippen MR) is 115 cm³/mol. The van der Waals surface area contributed by atoms with Gasteiger partial charge in [-0.3, -0.25) is 9.59 Å². The highest BCUT2D eigenvalue weighted by Crippen LogP contribution is 2.19. The molecule has 0 aromatic heterocycles. The van der Waals surface area contributed by atoms with Crippen LogP contribution in [0.3, 0.4) is 0 Å². The highest BCUT2D eigenvalue weighted by atomic mass is 16.5. The molecule has 7 nitrogen and oxygen atoms in total. The second-order valence-corrected chi connectivity index (χ2v) is 7.54. The number of ether oxygens (including phenoxy) is 1. The Kier molecular flexibility index (Phi) is 7.06. The number of urea groups is 1. The molecule has 2 N–H and O–H groups in total. The fraction of sp³-hybridized carbons (Fsp3) is 0.348. The monoisotopic (exact) mass is 409 g/mol. The summed E-state index contributed by atoms with van der Waals surface area (Å²) in [5, 5.41) is 5.56. The van der Waals surface area contributed by atoms with Crippen LogP contribution in [-0.2, 0) is 14.3 Å². The first-order valence-corrected chi connectivity index (χ1v) is 10.1. The van der Waals surface area contributed by atoms with Crippen LogP contribution in [0.1, 0.15) is 24.0 Å². The van der Waals surface area contributed by atoms with Crippen LogP contribution in [0.5, 0.6) is 0 Å². The Labute approximate surface area is 176 Å². The molecule has 0 bridgehead atoms. The van der Waals surface area contributed by atoms with E-state index in [0.29, 0.717) is 30.8 Å². The topological polar surface area (TPSA) is 87.7 Å². The minimum atomic E-state index is -0.456. The third kappa shape index (κ3) is 5.83. The number of rotatable bonds is 5. The normalized spacial score (nSPS) is 15.9. The Hall–Kier alpha value is -3.35. The highest BCUT2D eigenvalue weighted by molar-refractivity contribution is 5.93. The van der Waals surface area contributed by atoms with Gasteiger partial charge in [-0.2, -0.15) is 0 Å². The maximum atomic E-state index is 12.5. The lowest BCUT2D eigenvalue weighted by Gasteiger charge is -2.31. The zero-order valence-electron chi connectivity index (χ0n) is 17.3. The summed E-state index contributed by atoms with van der Waals surface area (Å²) in [6, 6.07) is 14.5. The molecule has 3 amide bonds. The second kappa shape index (κ2) is 9.91. The molecule has 1 aliphatic rings. The number of carbonyl (C=O) groups excluding carboxylic acids is 3. The van der Waals surface area contributed by atoms with Gasteiger partial charge in [0.05, 0.1) is 5.92 Å². The number of carbonyl (C=O) groups is 3. The Morgan fingerprint density at radius 3 is 2.50 bits per heavy atom. The number of nitrogens with one attached hydrogen (secondary N) is 2. The van der Waals surface area contributed by atoms with Crippen LogP contribution < -0.4 is 10.6 Å². The molecule has 3 rings (SSSR count). The lowest BCUT2D eigenvalue weighted by atomic mass is 9.98. The van der Waals surface area contributed by atoms with Gasteiger partial charge in [0.2, 0.25) is 0 Å². The fourth-order valence-electron chi connectivity index (χ4n) is 3.35. The minimum absolute atomic E-state index is 0.244. The van der Waals surface area contributed by atoms with Gasteiger partial charge in [0, 0.05) is 24.5 Å². The van der Waals surface area contributed by atoms with Gasteiger partial charge in [-0.25, -0.2) is 4.79 Å². The summed E-state index contributed by atoms with van der Waals surface area (Å²) in [7, 11) is 0. The number of esters is 1. The standard InChI is InChI=1S/C23H27N3O4/c1-16-10-11-20(13-17(16)2)24-21(27)15-30-22(28)18-7-6-12-26(14-18)23(29)25-19-8-4-3-5-9-19/h3-5,8-11,13,18H,6-7,12,14-15H2,1-2H3,(H,24,27)(H,25,29). The zero-order chi connectivity index (χ0) is 21.5. The molecule has 2 aromatic rings. The van der Waals surface area contributed by atoms with E-state index in [4.69, 9.17) is 4.74 Å². The lowest BCUT2D eigenvalue weighted by Crippen LogP contribution is -2.45. The summed E-state index contributed by atoms with van der Waals surface area (Å²) in [5.41, 5.74) is 3.58.